The van der Waals surface area contributed by atoms with Gasteiger partial charge in [0.15, 0.2) is 0 Å². The van der Waals surface area contributed by atoms with E-state index in [0.717, 1.165) is 67.1 Å². The molecule has 0 N–H and O–H groups in total. The third kappa shape index (κ3) is 10.2. The van der Waals surface area contributed by atoms with Crippen LogP contribution in [-0.2, 0) is 32.9 Å². The maximum atomic E-state index is 13.8. The number of pyridine rings is 2. The largest absolute Gasteiger partial charge is 0 e. The van der Waals surface area contributed by atoms with Crippen molar-refractivity contribution < 1.29 is 27.2 Å². The Morgan fingerprint density at radius 3 is 2.14 bits per heavy atom. The molecule has 1 aliphatic carbocycles. The van der Waals surface area contributed by atoms with Crippen molar-refractivity contribution in [1.82, 2.24) is 9.97 Å². The first-order chi connectivity index (χ1) is 27.4. The van der Waals surface area contributed by atoms with E-state index in [4.69, 9.17) is 7.73 Å². The second-order valence-corrected chi connectivity index (χ2v) is 29.4. The molecule has 1 aliphatic rings. The summed E-state index contributed by atoms with van der Waals surface area (Å²) in [7, 11) is 0. The normalized spacial score (nSPS) is 14.2. The number of benzene rings is 4. The summed E-state index contributed by atoms with van der Waals surface area (Å²) < 4.78 is 34.9. The molecule has 0 bridgehead atoms. The average Bonchev–Trinajstić information content (AvgIpc) is 3.82. The summed E-state index contributed by atoms with van der Waals surface area (Å²) in [4.78, 5) is 9.47. The summed E-state index contributed by atoms with van der Waals surface area (Å²) in [6, 6.07) is 32.8. The molecule has 3 aromatic heterocycles. The predicted molar refractivity (Wildman–Crippen MR) is 241 cm³/mol. The second-order valence-electron chi connectivity index (χ2n) is 17.7. The van der Waals surface area contributed by atoms with Gasteiger partial charge in [-0.05, 0) is 94.9 Å². The van der Waals surface area contributed by atoms with Crippen molar-refractivity contribution in [2.75, 3.05) is 0 Å². The zero-order valence-electron chi connectivity index (χ0n) is 36.8. The minimum Gasteiger partial charge on any atom is 0 e. The molecule has 1 saturated carbocycles. The molecular formula is C51H55FGeIrN2S-2. The second kappa shape index (κ2) is 17.8. The van der Waals surface area contributed by atoms with Crippen molar-refractivity contribution in [3.63, 3.8) is 0 Å². The Morgan fingerprint density at radius 1 is 0.789 bits per heavy atom. The van der Waals surface area contributed by atoms with Crippen molar-refractivity contribution in [3.05, 3.63) is 137 Å². The fraction of sp³-hybridized carbons (Fsp3) is 0.333. The molecule has 4 aromatic carbocycles. The minimum atomic E-state index is -2.24. The molecule has 0 amide bonds. The van der Waals surface area contributed by atoms with E-state index in [-0.39, 0.29) is 25.9 Å². The molecule has 2 nitrogen and oxygen atoms in total. The number of fused-ring (bicyclic) bond motifs is 3. The van der Waals surface area contributed by atoms with E-state index in [9.17, 15) is 4.39 Å². The summed E-state index contributed by atoms with van der Waals surface area (Å²) in [5.74, 6) is 7.51. The minimum absolute atomic E-state index is 0. The average molecular weight is 1010 g/mol. The summed E-state index contributed by atoms with van der Waals surface area (Å²) >= 11 is -0.454. The van der Waals surface area contributed by atoms with Crippen molar-refractivity contribution in [2.24, 2.45) is 11.3 Å². The van der Waals surface area contributed by atoms with Crippen LogP contribution >= 0.6 is 11.3 Å². The fourth-order valence-corrected chi connectivity index (χ4v) is 12.2. The van der Waals surface area contributed by atoms with Crippen LogP contribution in [0.5, 0.6) is 0 Å². The smallest absolute Gasteiger partial charge is 0 e. The first-order valence-electron chi connectivity index (χ1n) is 21.0. The van der Waals surface area contributed by atoms with Gasteiger partial charge in [0.1, 0.15) is 5.82 Å². The molecule has 6 heteroatoms. The van der Waals surface area contributed by atoms with Crippen LogP contribution in [0.15, 0.2) is 91.3 Å². The van der Waals surface area contributed by atoms with Gasteiger partial charge in [0, 0.05) is 31.0 Å². The predicted octanol–water partition coefficient (Wildman–Crippen LogP) is 14.1. The molecule has 3 heterocycles. The molecule has 0 unspecified atom stereocenters. The summed E-state index contributed by atoms with van der Waals surface area (Å²) in [5.41, 5.74) is 11.0. The number of halogens is 1. The molecule has 8 rings (SSSR count). The number of rotatable bonds is 7. The Labute approximate surface area is 363 Å². The molecule has 1 radical (unpaired) electrons. The van der Waals surface area contributed by atoms with Gasteiger partial charge >= 0.3 is 135 Å². The van der Waals surface area contributed by atoms with Gasteiger partial charge in [0.2, 0.25) is 0 Å². The Bertz CT molecular complexity index is 2580. The first-order valence-corrected chi connectivity index (χ1v) is 28.2. The maximum Gasteiger partial charge on any atom is 0 e. The molecule has 7 aromatic rings. The third-order valence-electron chi connectivity index (χ3n) is 10.9. The van der Waals surface area contributed by atoms with Crippen LogP contribution in [0.4, 0.5) is 4.39 Å². The van der Waals surface area contributed by atoms with Crippen LogP contribution in [0.2, 0.25) is 17.3 Å². The van der Waals surface area contributed by atoms with Gasteiger partial charge in [0.05, 0.1) is 0 Å². The van der Waals surface area contributed by atoms with Crippen LogP contribution < -0.4 is 4.40 Å². The molecular weight excluding hydrogens is 956 g/mol. The van der Waals surface area contributed by atoms with Gasteiger partial charge in [-0.3, -0.25) is 0 Å². The number of aryl methyl sites for hydroxylation is 3. The first kappa shape index (κ1) is 40.3. The monoisotopic (exact) mass is 1020 g/mol. The Balaban J connectivity index is 0.000000213. The Morgan fingerprint density at radius 2 is 1.49 bits per heavy atom. The van der Waals surface area contributed by atoms with Gasteiger partial charge < -0.3 is 4.98 Å². The summed E-state index contributed by atoms with van der Waals surface area (Å²) in [6.07, 6.45) is 9.23. The number of aromatic nitrogens is 2. The van der Waals surface area contributed by atoms with E-state index in [1.54, 1.807) is 23.5 Å². The zero-order valence-corrected chi connectivity index (χ0v) is 40.1. The Hall–Kier alpha value is -3.48. The molecule has 0 spiro atoms. The van der Waals surface area contributed by atoms with Gasteiger partial charge in [-0.2, -0.15) is 11.3 Å². The number of nitrogens with zero attached hydrogens (tertiary/aromatic N) is 2. The van der Waals surface area contributed by atoms with Crippen LogP contribution in [-0.4, -0.2) is 23.2 Å². The fourth-order valence-electron chi connectivity index (χ4n) is 8.12. The van der Waals surface area contributed by atoms with E-state index in [0.29, 0.717) is 0 Å². The van der Waals surface area contributed by atoms with Crippen LogP contribution in [0.1, 0.15) is 77.0 Å². The van der Waals surface area contributed by atoms with E-state index < -0.39 is 25.1 Å². The Kier molecular flexibility index (Phi) is 12.6. The van der Waals surface area contributed by atoms with E-state index in [1.807, 2.05) is 71.1 Å². The van der Waals surface area contributed by atoms with Crippen LogP contribution in [0.3, 0.4) is 0 Å². The standard InChI is InChI=1S/C32H29FNS.C19H26GeN.Ir/c1-19-14-29(34-18-25(19)15-22-6-4-5-7-22)23-9-11-30-28(16-23)27-10-8-24(17-31(27)35-30)32-20(2)12-26(33)13-21(32)3;1-19(2,3)13-16-12-18(15-10-8-7-9-11-15)21-14-17(16)20(4,5)6;/h8,10-14,16-18,22H,4-7,15H2,1-3H3;7-10,12,14H,13H2,1-6H3;/q2*-1;/i;13D2;. The van der Waals surface area contributed by atoms with E-state index >= 15 is 0 Å². The zero-order chi connectivity index (χ0) is 41.6. The van der Waals surface area contributed by atoms with Crippen molar-refractivity contribution >= 4 is 49.2 Å². The number of hydrogen-bond donors (Lipinski definition) is 0. The van der Waals surface area contributed by atoms with Crippen LogP contribution in [0, 0.1) is 50.1 Å². The van der Waals surface area contributed by atoms with Gasteiger partial charge in [-0.1, -0.05) is 54.8 Å². The van der Waals surface area contributed by atoms with Crippen molar-refractivity contribution in [2.45, 2.75) is 97.3 Å². The van der Waals surface area contributed by atoms with E-state index in [1.165, 1.54) is 57.0 Å². The number of thiophene rings is 1. The molecule has 0 aliphatic heterocycles. The molecule has 0 saturated heterocycles. The molecule has 297 valence electrons. The maximum absolute atomic E-state index is 13.8. The van der Waals surface area contributed by atoms with Gasteiger partial charge in [-0.25, -0.2) is 4.39 Å². The van der Waals surface area contributed by atoms with Crippen molar-refractivity contribution in [3.8, 4) is 33.6 Å². The quantitative estimate of drug-likeness (QED) is 0.117. The summed E-state index contributed by atoms with van der Waals surface area (Å²) in [5, 5.41) is 2.49. The SMILES string of the molecule is Cc1cc(-c2[c-]cc3sc4cc(-c5c(C)cc(F)cc5C)ccc4c3c2)ncc1CC1CCCC1.[2H]C([2H])(c1cc(-c2[c-]cccc2)nc[c]1[Ge]([CH3])([CH3])[CH3])C(C)(C)C.[Ir]. The molecule has 0 atom stereocenters. The third-order valence-corrected chi connectivity index (χ3v) is 16.2. The van der Waals surface area contributed by atoms with Gasteiger partial charge in [0.25, 0.3) is 0 Å². The molecule has 57 heavy (non-hydrogen) atoms. The number of hydrogen-bond acceptors (Lipinski definition) is 3. The van der Waals surface area contributed by atoms with Gasteiger partial charge in [-0.15, -0.1) is 23.8 Å². The topological polar surface area (TPSA) is 25.8 Å². The van der Waals surface area contributed by atoms with E-state index in [2.05, 4.69) is 83.9 Å². The van der Waals surface area contributed by atoms with Crippen molar-refractivity contribution in [1.29, 1.82) is 0 Å². The van der Waals surface area contributed by atoms with Crippen LogP contribution in [0.25, 0.3) is 53.8 Å². The molecule has 1 fully saturated rings. The summed E-state index contributed by atoms with van der Waals surface area (Å²) in [6.45, 7) is 12.1.